The molecule has 0 amide bonds. The van der Waals surface area contributed by atoms with Gasteiger partial charge < -0.3 is 4.74 Å². The third-order valence-electron chi connectivity index (χ3n) is 2.04. The molecule has 0 saturated heterocycles. The summed E-state index contributed by atoms with van der Waals surface area (Å²) in [6, 6.07) is 4.57. The Kier molecular flexibility index (Phi) is 3.59. The van der Waals surface area contributed by atoms with Gasteiger partial charge in [-0.15, -0.1) is 4.37 Å². The van der Waals surface area contributed by atoms with Crippen LogP contribution in [0.3, 0.4) is 0 Å². The Labute approximate surface area is 114 Å². The molecule has 0 aliphatic heterocycles. The third kappa shape index (κ3) is 2.94. The monoisotopic (exact) mass is 305 g/mol. The van der Waals surface area contributed by atoms with Crippen molar-refractivity contribution in [3.05, 3.63) is 34.5 Å². The van der Waals surface area contributed by atoms with E-state index < -0.39 is 17.5 Å². The number of hydrogen-bond acceptors (Lipinski definition) is 5. The minimum atomic E-state index is -4.65. The molecule has 0 spiro atoms. The van der Waals surface area contributed by atoms with Crippen LogP contribution in [-0.2, 0) is 6.18 Å². The normalized spacial score (nSPS) is 11.1. The van der Waals surface area contributed by atoms with E-state index in [0.717, 1.165) is 6.07 Å². The lowest BCUT2D eigenvalue weighted by Gasteiger charge is -2.12. The molecular formula is C10H3ClF3N3OS. The molecule has 1 aromatic carbocycles. The number of benzene rings is 1. The van der Waals surface area contributed by atoms with Crippen molar-refractivity contribution in [2.75, 3.05) is 0 Å². The molecule has 0 unspecified atom stereocenters. The molecule has 2 aromatic rings. The Hall–Kier alpha value is -1.85. The van der Waals surface area contributed by atoms with Crippen molar-refractivity contribution >= 4 is 23.3 Å². The topological polar surface area (TPSA) is 58.8 Å². The smallest absolute Gasteiger partial charge is 0.420 e. The van der Waals surface area contributed by atoms with Crippen molar-refractivity contribution in [1.82, 2.24) is 8.75 Å². The van der Waals surface area contributed by atoms with Crippen molar-refractivity contribution in [1.29, 1.82) is 5.26 Å². The molecule has 9 heteroatoms. The van der Waals surface area contributed by atoms with E-state index in [9.17, 15) is 13.2 Å². The lowest BCUT2D eigenvalue weighted by Crippen LogP contribution is -2.07. The average Bonchev–Trinajstić information content (AvgIpc) is 2.74. The first kappa shape index (κ1) is 13.6. The molecule has 0 aliphatic carbocycles. The van der Waals surface area contributed by atoms with Crippen molar-refractivity contribution in [2.24, 2.45) is 0 Å². The number of nitrogens with zero attached hydrogens (tertiary/aromatic N) is 3. The first-order chi connectivity index (χ1) is 8.91. The predicted molar refractivity (Wildman–Crippen MR) is 61.2 cm³/mol. The number of ether oxygens (including phenoxy) is 1. The minimum absolute atomic E-state index is 0.123. The third-order valence-corrected chi connectivity index (χ3v) is 2.90. The summed E-state index contributed by atoms with van der Waals surface area (Å²) in [7, 11) is 0. The van der Waals surface area contributed by atoms with Crippen LogP contribution in [0.25, 0.3) is 0 Å². The summed E-state index contributed by atoms with van der Waals surface area (Å²) in [5, 5.41) is 8.50. The van der Waals surface area contributed by atoms with E-state index in [1.807, 2.05) is 0 Å². The van der Waals surface area contributed by atoms with E-state index >= 15 is 0 Å². The van der Waals surface area contributed by atoms with Gasteiger partial charge in [-0.3, -0.25) is 0 Å². The number of rotatable bonds is 2. The zero-order valence-electron chi connectivity index (χ0n) is 8.90. The van der Waals surface area contributed by atoms with E-state index in [1.54, 1.807) is 6.07 Å². The maximum atomic E-state index is 12.8. The molecule has 2 rings (SSSR count). The highest BCUT2D eigenvalue weighted by Crippen LogP contribution is 2.39. The largest absolute Gasteiger partial charge is 0.435 e. The Morgan fingerprint density at radius 2 is 2.05 bits per heavy atom. The van der Waals surface area contributed by atoms with Gasteiger partial charge in [0.15, 0.2) is 0 Å². The average molecular weight is 306 g/mol. The van der Waals surface area contributed by atoms with Gasteiger partial charge in [0.1, 0.15) is 5.75 Å². The quantitative estimate of drug-likeness (QED) is 0.845. The summed E-state index contributed by atoms with van der Waals surface area (Å²) in [5.41, 5.74) is -1.20. The van der Waals surface area contributed by atoms with Gasteiger partial charge >= 0.3 is 6.18 Å². The highest BCUT2D eigenvalue weighted by molar-refractivity contribution is 6.99. The lowest BCUT2D eigenvalue weighted by molar-refractivity contribution is -0.138. The fourth-order valence-corrected chi connectivity index (χ4v) is 1.86. The fraction of sp³-hybridized carbons (Fsp3) is 0.100. The van der Waals surface area contributed by atoms with Gasteiger partial charge in [0.25, 0.3) is 5.88 Å². The van der Waals surface area contributed by atoms with E-state index in [-0.39, 0.29) is 16.6 Å². The summed E-state index contributed by atoms with van der Waals surface area (Å²) in [4.78, 5) is 0. The zero-order chi connectivity index (χ0) is 14.0. The van der Waals surface area contributed by atoms with Crippen molar-refractivity contribution in [3.8, 4) is 17.7 Å². The summed E-state index contributed by atoms with van der Waals surface area (Å²) in [5.74, 6) is -0.692. The van der Waals surface area contributed by atoms with Crippen LogP contribution in [0.5, 0.6) is 11.6 Å². The van der Waals surface area contributed by atoms with Crippen LogP contribution in [0, 0.1) is 11.3 Å². The summed E-state index contributed by atoms with van der Waals surface area (Å²) < 4.78 is 50.7. The highest BCUT2D eigenvalue weighted by Gasteiger charge is 2.35. The summed E-state index contributed by atoms with van der Waals surface area (Å²) in [6.07, 6.45) is -4.65. The Morgan fingerprint density at radius 3 is 2.58 bits per heavy atom. The SMILES string of the molecule is N#Cc1ccc(Oc2nsnc2Cl)c(C(F)(F)F)c1. The maximum Gasteiger partial charge on any atom is 0.420 e. The Balaban J connectivity index is 2.46. The van der Waals surface area contributed by atoms with E-state index in [4.69, 9.17) is 21.6 Å². The van der Waals surface area contributed by atoms with Crippen LogP contribution in [-0.4, -0.2) is 8.75 Å². The lowest BCUT2D eigenvalue weighted by atomic mass is 10.1. The fourth-order valence-electron chi connectivity index (χ4n) is 1.24. The van der Waals surface area contributed by atoms with Crippen LogP contribution < -0.4 is 4.74 Å². The summed E-state index contributed by atoms with van der Waals surface area (Å²) >= 11 is 6.31. The van der Waals surface area contributed by atoms with Crippen LogP contribution in [0.4, 0.5) is 13.2 Å². The molecule has 0 fully saturated rings. The second-order valence-electron chi connectivity index (χ2n) is 3.28. The van der Waals surface area contributed by atoms with Crippen molar-refractivity contribution in [2.45, 2.75) is 6.18 Å². The van der Waals surface area contributed by atoms with Crippen LogP contribution in [0.2, 0.25) is 5.15 Å². The molecule has 0 N–H and O–H groups in total. The molecular weight excluding hydrogens is 303 g/mol. The Bertz CT molecular complexity index is 650. The number of alkyl halides is 3. The molecule has 19 heavy (non-hydrogen) atoms. The zero-order valence-corrected chi connectivity index (χ0v) is 10.5. The van der Waals surface area contributed by atoms with Gasteiger partial charge in [0.2, 0.25) is 5.15 Å². The van der Waals surface area contributed by atoms with Crippen molar-refractivity contribution in [3.63, 3.8) is 0 Å². The standard InChI is InChI=1S/C10H3ClF3N3OS/c11-8-9(17-19-16-8)18-7-2-1-5(4-15)3-6(7)10(12,13)14/h1-3H. The minimum Gasteiger partial charge on any atom is -0.435 e. The Morgan fingerprint density at radius 1 is 1.32 bits per heavy atom. The second-order valence-corrected chi connectivity index (χ2v) is 4.17. The predicted octanol–water partition coefficient (Wildman–Crippen LogP) is 3.87. The van der Waals surface area contributed by atoms with Gasteiger partial charge in [-0.1, -0.05) is 11.6 Å². The number of halogens is 4. The van der Waals surface area contributed by atoms with Crippen molar-refractivity contribution < 1.29 is 17.9 Å². The van der Waals surface area contributed by atoms with Gasteiger partial charge in [-0.2, -0.15) is 22.8 Å². The number of aromatic nitrogens is 2. The van der Waals surface area contributed by atoms with Gasteiger partial charge in [-0.25, -0.2) is 0 Å². The molecule has 0 atom stereocenters. The number of hydrogen-bond donors (Lipinski definition) is 0. The molecule has 98 valence electrons. The highest BCUT2D eigenvalue weighted by atomic mass is 35.5. The van der Waals surface area contributed by atoms with E-state index in [1.165, 1.54) is 6.07 Å². The molecule has 1 aromatic heterocycles. The van der Waals surface area contributed by atoms with Gasteiger partial charge in [0, 0.05) is 0 Å². The molecule has 0 aliphatic rings. The molecule has 0 bridgehead atoms. The van der Waals surface area contributed by atoms with Crippen LogP contribution >= 0.6 is 23.3 Å². The van der Waals surface area contributed by atoms with E-state index in [0.29, 0.717) is 17.8 Å². The first-order valence-electron chi connectivity index (χ1n) is 4.69. The molecule has 1 heterocycles. The molecule has 0 saturated carbocycles. The second kappa shape index (κ2) is 5.03. The molecule has 0 radical (unpaired) electrons. The van der Waals surface area contributed by atoms with E-state index in [2.05, 4.69) is 8.75 Å². The first-order valence-corrected chi connectivity index (χ1v) is 5.80. The van der Waals surface area contributed by atoms with Gasteiger partial charge in [-0.05, 0) is 18.2 Å². The van der Waals surface area contributed by atoms with Crippen LogP contribution in [0.1, 0.15) is 11.1 Å². The van der Waals surface area contributed by atoms with Crippen LogP contribution in [0.15, 0.2) is 18.2 Å². The number of nitriles is 1. The van der Waals surface area contributed by atoms with Gasteiger partial charge in [0.05, 0.1) is 28.9 Å². The summed E-state index contributed by atoms with van der Waals surface area (Å²) in [6.45, 7) is 0. The molecule has 4 nitrogen and oxygen atoms in total. The maximum absolute atomic E-state index is 12.8.